The Morgan fingerprint density at radius 3 is 3.00 bits per heavy atom. The van der Waals surface area contributed by atoms with Gasteiger partial charge >= 0.3 is 0 Å². The van der Waals surface area contributed by atoms with Crippen molar-refractivity contribution in [3.8, 4) is 11.5 Å². The lowest BCUT2D eigenvalue weighted by Crippen LogP contribution is -2.36. The third-order valence-corrected chi connectivity index (χ3v) is 4.75. The maximum Gasteiger partial charge on any atom is 0.231 e. The molecule has 0 spiro atoms. The molecule has 0 aliphatic carbocycles. The standard InChI is InChI=1S/C14H16BrNO3/c15-10-3-8(4-13-14(10)18-7-17-13)6-16-11-5-9-1-2-12(11)19-9/h3-4,9,11-12,16H,1-2,5-7H2. The summed E-state index contributed by atoms with van der Waals surface area (Å²) in [5, 5.41) is 3.61. The van der Waals surface area contributed by atoms with Gasteiger partial charge in [0.25, 0.3) is 0 Å². The van der Waals surface area contributed by atoms with Crippen molar-refractivity contribution < 1.29 is 14.2 Å². The first-order valence-corrected chi connectivity index (χ1v) is 7.56. The summed E-state index contributed by atoms with van der Waals surface area (Å²) in [5.41, 5.74) is 1.21. The topological polar surface area (TPSA) is 39.7 Å². The van der Waals surface area contributed by atoms with Crippen molar-refractivity contribution in [2.45, 2.75) is 44.1 Å². The van der Waals surface area contributed by atoms with Crippen molar-refractivity contribution in [1.29, 1.82) is 0 Å². The minimum Gasteiger partial charge on any atom is -0.454 e. The lowest BCUT2D eigenvalue weighted by molar-refractivity contribution is 0.0973. The van der Waals surface area contributed by atoms with Gasteiger partial charge in [-0.3, -0.25) is 0 Å². The van der Waals surface area contributed by atoms with Gasteiger partial charge in [-0.05, 0) is 52.9 Å². The van der Waals surface area contributed by atoms with Crippen LogP contribution in [0.4, 0.5) is 0 Å². The van der Waals surface area contributed by atoms with Gasteiger partial charge in [0.2, 0.25) is 6.79 Å². The van der Waals surface area contributed by atoms with E-state index in [0.29, 0.717) is 25.0 Å². The van der Waals surface area contributed by atoms with Crippen LogP contribution in [0.2, 0.25) is 0 Å². The van der Waals surface area contributed by atoms with E-state index in [4.69, 9.17) is 14.2 Å². The summed E-state index contributed by atoms with van der Waals surface area (Å²) < 4.78 is 17.6. The van der Waals surface area contributed by atoms with Gasteiger partial charge in [0.15, 0.2) is 11.5 Å². The third kappa shape index (κ3) is 2.14. The highest BCUT2D eigenvalue weighted by molar-refractivity contribution is 9.10. The molecule has 3 aliphatic heterocycles. The van der Waals surface area contributed by atoms with Crippen molar-refractivity contribution in [2.24, 2.45) is 0 Å². The van der Waals surface area contributed by atoms with Gasteiger partial charge < -0.3 is 19.5 Å². The second-order valence-corrected chi connectivity index (χ2v) is 6.26. The molecule has 3 unspecified atom stereocenters. The lowest BCUT2D eigenvalue weighted by Gasteiger charge is -2.20. The Balaban J connectivity index is 1.44. The maximum absolute atomic E-state index is 5.85. The first-order chi connectivity index (χ1) is 9.29. The summed E-state index contributed by atoms with van der Waals surface area (Å²) in [5.74, 6) is 1.64. The molecule has 3 heterocycles. The zero-order valence-electron chi connectivity index (χ0n) is 10.5. The van der Waals surface area contributed by atoms with Crippen molar-refractivity contribution in [1.82, 2.24) is 5.32 Å². The van der Waals surface area contributed by atoms with Gasteiger partial charge in [-0.15, -0.1) is 0 Å². The van der Waals surface area contributed by atoms with E-state index in [1.807, 2.05) is 6.07 Å². The Bertz CT molecular complexity index is 508. The first kappa shape index (κ1) is 12.0. The van der Waals surface area contributed by atoms with E-state index in [0.717, 1.165) is 28.9 Å². The second-order valence-electron chi connectivity index (χ2n) is 5.41. The van der Waals surface area contributed by atoms with Gasteiger partial charge in [-0.2, -0.15) is 0 Å². The Kier molecular flexibility index (Phi) is 2.94. The summed E-state index contributed by atoms with van der Waals surface area (Å²) >= 11 is 3.53. The monoisotopic (exact) mass is 325 g/mol. The molecule has 1 aromatic rings. The van der Waals surface area contributed by atoms with Crippen LogP contribution in [-0.4, -0.2) is 25.0 Å². The molecule has 3 aliphatic rings. The zero-order chi connectivity index (χ0) is 12.8. The number of benzene rings is 1. The molecule has 2 bridgehead atoms. The van der Waals surface area contributed by atoms with E-state index in [-0.39, 0.29) is 0 Å². The predicted molar refractivity (Wildman–Crippen MR) is 73.4 cm³/mol. The minimum atomic E-state index is 0.311. The van der Waals surface area contributed by atoms with Crippen molar-refractivity contribution in [3.05, 3.63) is 22.2 Å². The Morgan fingerprint density at radius 2 is 2.21 bits per heavy atom. The molecular formula is C14H16BrNO3. The summed E-state index contributed by atoms with van der Waals surface area (Å²) in [4.78, 5) is 0. The number of halogens is 1. The molecule has 0 amide bonds. The van der Waals surface area contributed by atoms with Crippen LogP contribution in [0.3, 0.4) is 0 Å². The highest BCUT2D eigenvalue weighted by Crippen LogP contribution is 2.40. The van der Waals surface area contributed by atoms with Crippen LogP contribution in [-0.2, 0) is 11.3 Å². The van der Waals surface area contributed by atoms with Crippen LogP contribution in [0.1, 0.15) is 24.8 Å². The van der Waals surface area contributed by atoms with Crippen LogP contribution >= 0.6 is 15.9 Å². The summed E-state index contributed by atoms with van der Waals surface area (Å²) in [7, 11) is 0. The normalized spacial score (nSPS) is 31.1. The fourth-order valence-corrected chi connectivity index (χ4v) is 3.83. The highest BCUT2D eigenvalue weighted by atomic mass is 79.9. The number of hydrogen-bond donors (Lipinski definition) is 1. The van der Waals surface area contributed by atoms with Crippen LogP contribution in [0.15, 0.2) is 16.6 Å². The first-order valence-electron chi connectivity index (χ1n) is 6.76. The molecule has 0 aromatic heterocycles. The van der Waals surface area contributed by atoms with Gasteiger partial charge in [-0.1, -0.05) is 0 Å². The second kappa shape index (κ2) is 4.65. The molecule has 1 N–H and O–H groups in total. The molecule has 0 radical (unpaired) electrons. The summed E-state index contributed by atoms with van der Waals surface area (Å²) in [6, 6.07) is 4.64. The van der Waals surface area contributed by atoms with Crippen molar-refractivity contribution in [2.75, 3.05) is 6.79 Å². The third-order valence-electron chi connectivity index (χ3n) is 4.16. The summed E-state index contributed by atoms with van der Waals surface area (Å²) in [6.07, 6.45) is 4.50. The largest absolute Gasteiger partial charge is 0.454 e. The van der Waals surface area contributed by atoms with Crippen molar-refractivity contribution in [3.63, 3.8) is 0 Å². The van der Waals surface area contributed by atoms with Gasteiger partial charge in [-0.25, -0.2) is 0 Å². The number of rotatable bonds is 3. The van der Waals surface area contributed by atoms with E-state index in [9.17, 15) is 0 Å². The molecule has 2 saturated heterocycles. The number of nitrogens with one attached hydrogen (secondary N) is 1. The van der Waals surface area contributed by atoms with Gasteiger partial charge in [0, 0.05) is 12.6 Å². The van der Waals surface area contributed by atoms with Crippen molar-refractivity contribution >= 4 is 15.9 Å². The Labute approximate surface area is 120 Å². The predicted octanol–water partition coefficient (Wildman–Crippen LogP) is 2.59. The maximum atomic E-state index is 5.85. The van der Waals surface area contributed by atoms with E-state index in [1.165, 1.54) is 18.4 Å². The van der Waals surface area contributed by atoms with Crippen LogP contribution in [0.5, 0.6) is 11.5 Å². The van der Waals surface area contributed by atoms with E-state index < -0.39 is 0 Å². The lowest BCUT2D eigenvalue weighted by atomic mass is 9.95. The molecule has 4 rings (SSSR count). The zero-order valence-corrected chi connectivity index (χ0v) is 12.1. The molecule has 5 heteroatoms. The van der Waals surface area contributed by atoms with Gasteiger partial charge in [0.05, 0.1) is 16.7 Å². The smallest absolute Gasteiger partial charge is 0.231 e. The van der Waals surface area contributed by atoms with E-state index in [2.05, 4.69) is 27.3 Å². The minimum absolute atomic E-state index is 0.311. The van der Waals surface area contributed by atoms with E-state index >= 15 is 0 Å². The average molecular weight is 326 g/mol. The Hall–Kier alpha value is -0.780. The fourth-order valence-electron chi connectivity index (χ4n) is 3.22. The average Bonchev–Trinajstić information content (AvgIpc) is 3.11. The molecule has 1 aromatic carbocycles. The molecule has 3 atom stereocenters. The molecule has 19 heavy (non-hydrogen) atoms. The molecular weight excluding hydrogens is 310 g/mol. The number of hydrogen-bond acceptors (Lipinski definition) is 4. The number of fused-ring (bicyclic) bond motifs is 3. The van der Waals surface area contributed by atoms with Gasteiger partial charge in [0.1, 0.15) is 0 Å². The SMILES string of the molecule is Brc1cc(CNC2CC3CCC2O3)cc2c1OCO2. The molecule has 102 valence electrons. The van der Waals surface area contributed by atoms with Crippen LogP contribution in [0.25, 0.3) is 0 Å². The molecule has 4 nitrogen and oxygen atoms in total. The summed E-state index contributed by atoms with van der Waals surface area (Å²) in [6.45, 7) is 1.15. The van der Waals surface area contributed by atoms with Crippen LogP contribution < -0.4 is 14.8 Å². The fraction of sp³-hybridized carbons (Fsp3) is 0.571. The number of ether oxygens (including phenoxy) is 3. The van der Waals surface area contributed by atoms with Crippen LogP contribution in [0, 0.1) is 0 Å². The Morgan fingerprint density at radius 1 is 1.26 bits per heavy atom. The highest BCUT2D eigenvalue weighted by Gasteiger charge is 2.40. The molecule has 0 saturated carbocycles. The van der Waals surface area contributed by atoms with E-state index in [1.54, 1.807) is 0 Å². The quantitative estimate of drug-likeness (QED) is 0.927. The molecule has 2 fully saturated rings.